The highest BCUT2D eigenvalue weighted by Crippen LogP contribution is 2.52. The summed E-state index contributed by atoms with van der Waals surface area (Å²) in [4.78, 5) is 23.9. The molecule has 1 aromatic carbocycles. The van der Waals surface area contributed by atoms with Crippen LogP contribution in [0.25, 0.3) is 0 Å². The molecule has 0 radical (unpaired) electrons. The van der Waals surface area contributed by atoms with Gasteiger partial charge in [-0.25, -0.2) is 9.59 Å². The van der Waals surface area contributed by atoms with Gasteiger partial charge >= 0.3 is 11.9 Å². The molecule has 0 saturated carbocycles. The molecule has 0 bridgehead atoms. The van der Waals surface area contributed by atoms with Gasteiger partial charge in [0, 0.05) is 42.9 Å². The molecule has 2 N–H and O–H groups in total. The van der Waals surface area contributed by atoms with E-state index in [1.807, 2.05) is 0 Å². The summed E-state index contributed by atoms with van der Waals surface area (Å²) in [7, 11) is 6.12. The van der Waals surface area contributed by atoms with E-state index in [1.54, 1.807) is 7.11 Å². The van der Waals surface area contributed by atoms with Crippen LogP contribution in [0.1, 0.15) is 18.9 Å². The monoisotopic (exact) mass is 426 g/mol. The molecule has 7 nitrogen and oxygen atoms in total. The number of anilines is 1. The number of rotatable bonds is 3. The fraction of sp³-hybridized carbons (Fsp3) is 0.444. The highest BCUT2D eigenvalue weighted by atomic mass is 79.9. The lowest BCUT2D eigenvalue weighted by Crippen LogP contribution is -2.45. The van der Waals surface area contributed by atoms with Crippen LogP contribution in [-0.4, -0.2) is 61.0 Å². The van der Waals surface area contributed by atoms with Crippen molar-refractivity contribution >= 4 is 33.6 Å². The van der Waals surface area contributed by atoms with Crippen LogP contribution in [0.4, 0.5) is 5.69 Å². The van der Waals surface area contributed by atoms with E-state index >= 15 is 0 Å². The van der Waals surface area contributed by atoms with Gasteiger partial charge in [-0.2, -0.15) is 0 Å². The van der Waals surface area contributed by atoms with Gasteiger partial charge in [0.05, 0.1) is 17.7 Å². The molecule has 8 heteroatoms. The number of carbonyl (C=O) groups is 2. The van der Waals surface area contributed by atoms with Crippen LogP contribution in [0.5, 0.6) is 5.75 Å². The molecule has 0 amide bonds. The largest absolute Gasteiger partial charge is 0.495 e. The summed E-state index contributed by atoms with van der Waals surface area (Å²) in [5.74, 6) is -1.60. The van der Waals surface area contributed by atoms with E-state index in [0.717, 1.165) is 16.8 Å². The second-order valence-electron chi connectivity index (χ2n) is 6.65. The van der Waals surface area contributed by atoms with Gasteiger partial charge in [0.2, 0.25) is 0 Å². The number of aliphatic carboxylic acids is 2. The number of likely N-dealkylation sites (N-methyl/N-ethyl adjacent to an activating group) is 2. The van der Waals surface area contributed by atoms with E-state index in [4.69, 9.17) is 14.9 Å². The van der Waals surface area contributed by atoms with E-state index in [2.05, 4.69) is 58.9 Å². The summed E-state index contributed by atoms with van der Waals surface area (Å²) in [6, 6.07) is 4.39. The van der Waals surface area contributed by atoms with E-state index in [9.17, 15) is 9.59 Å². The van der Waals surface area contributed by atoms with Crippen molar-refractivity contribution in [3.63, 3.8) is 0 Å². The predicted octanol–water partition coefficient (Wildman–Crippen LogP) is 2.54. The summed E-state index contributed by atoms with van der Waals surface area (Å²) in [6.45, 7) is 3.54. The Hall–Kier alpha value is -2.06. The van der Waals surface area contributed by atoms with E-state index in [-0.39, 0.29) is 5.41 Å². The van der Waals surface area contributed by atoms with Gasteiger partial charge in [-0.3, -0.25) is 4.90 Å². The van der Waals surface area contributed by atoms with E-state index in [1.165, 1.54) is 17.7 Å². The van der Waals surface area contributed by atoms with Crippen LogP contribution in [0, 0.1) is 0 Å². The number of hydrogen-bond acceptors (Lipinski definition) is 5. The van der Waals surface area contributed by atoms with Crippen LogP contribution in [-0.2, 0) is 15.0 Å². The molecule has 1 fully saturated rings. The molecule has 2 heterocycles. The standard InChI is InChI=1S/C14H19BrN2O.C4H4O4/c1-14-5-6-16(2)13(14)17(3)11-8-12(18-4)10(15)7-9(11)14;5-3(6)1-2-4(7)8/h7-8,13H,5-6H2,1-4H3;1-2H,(H,5,6)(H,7,8)/b;2-1+/t13-,14+;/m1./s1. The number of methoxy groups -OCH3 is 1. The first-order valence-electron chi connectivity index (χ1n) is 8.07. The van der Waals surface area contributed by atoms with Crippen LogP contribution < -0.4 is 9.64 Å². The van der Waals surface area contributed by atoms with Gasteiger partial charge in [0.1, 0.15) is 5.75 Å². The molecule has 0 spiro atoms. The Bertz CT molecular complexity index is 735. The maximum atomic E-state index is 9.55. The first-order chi connectivity index (χ1) is 12.1. The molecule has 0 aromatic heterocycles. The van der Waals surface area contributed by atoms with E-state index in [0.29, 0.717) is 18.3 Å². The molecule has 142 valence electrons. The molecule has 2 atom stereocenters. The number of carboxylic acids is 2. The van der Waals surface area contributed by atoms with Crippen LogP contribution in [0.2, 0.25) is 0 Å². The normalized spacial score (nSPS) is 24.0. The summed E-state index contributed by atoms with van der Waals surface area (Å²) < 4.78 is 6.46. The summed E-state index contributed by atoms with van der Waals surface area (Å²) >= 11 is 3.61. The van der Waals surface area contributed by atoms with Gasteiger partial charge in [0.25, 0.3) is 0 Å². The lowest BCUT2D eigenvalue weighted by Gasteiger charge is -2.32. The Morgan fingerprint density at radius 1 is 1.27 bits per heavy atom. The number of ether oxygens (including phenoxy) is 1. The van der Waals surface area contributed by atoms with Crippen molar-refractivity contribution in [3.05, 3.63) is 34.3 Å². The van der Waals surface area contributed by atoms with Crippen molar-refractivity contribution in [1.29, 1.82) is 0 Å². The topological polar surface area (TPSA) is 90.3 Å². The Kier molecular flexibility index (Phi) is 5.98. The molecular formula is C18H23BrN2O5. The molecule has 2 aliphatic rings. The molecule has 26 heavy (non-hydrogen) atoms. The van der Waals surface area contributed by atoms with Gasteiger partial charge in [-0.05, 0) is 41.0 Å². The summed E-state index contributed by atoms with van der Waals surface area (Å²) in [5, 5.41) is 15.6. The van der Waals surface area contributed by atoms with E-state index < -0.39 is 11.9 Å². The molecular weight excluding hydrogens is 404 g/mol. The highest BCUT2D eigenvalue weighted by Gasteiger charge is 2.52. The fourth-order valence-electron chi connectivity index (χ4n) is 3.87. The Morgan fingerprint density at radius 2 is 1.85 bits per heavy atom. The number of likely N-dealkylation sites (tertiary alicyclic amines) is 1. The molecule has 2 aliphatic heterocycles. The van der Waals surface area contributed by atoms with Crippen molar-refractivity contribution < 1.29 is 24.5 Å². The number of nitrogens with zero attached hydrogens (tertiary/aromatic N) is 2. The lowest BCUT2D eigenvalue weighted by atomic mass is 9.81. The Labute approximate surface area is 161 Å². The smallest absolute Gasteiger partial charge is 0.328 e. The minimum atomic E-state index is -1.26. The zero-order valence-corrected chi connectivity index (χ0v) is 16.8. The average molecular weight is 427 g/mol. The molecule has 1 aromatic rings. The molecule has 1 saturated heterocycles. The molecule has 0 aliphatic carbocycles. The average Bonchev–Trinajstić information content (AvgIpc) is 2.98. The van der Waals surface area contributed by atoms with Crippen molar-refractivity contribution in [1.82, 2.24) is 4.90 Å². The maximum Gasteiger partial charge on any atom is 0.328 e. The number of benzene rings is 1. The van der Waals surface area contributed by atoms with Crippen molar-refractivity contribution in [3.8, 4) is 5.75 Å². The Morgan fingerprint density at radius 3 is 2.35 bits per heavy atom. The second kappa shape index (κ2) is 7.67. The van der Waals surface area contributed by atoms with Crippen molar-refractivity contribution in [2.45, 2.75) is 24.9 Å². The second-order valence-corrected chi connectivity index (χ2v) is 7.50. The molecule has 0 unspecified atom stereocenters. The molecule has 3 rings (SSSR count). The Balaban J connectivity index is 0.000000260. The van der Waals surface area contributed by atoms with Crippen molar-refractivity contribution in [2.75, 3.05) is 32.6 Å². The van der Waals surface area contributed by atoms with Crippen LogP contribution in [0.15, 0.2) is 28.8 Å². The maximum absolute atomic E-state index is 9.55. The predicted molar refractivity (Wildman–Crippen MR) is 102 cm³/mol. The minimum absolute atomic E-state index is 0.230. The highest BCUT2D eigenvalue weighted by molar-refractivity contribution is 9.10. The van der Waals surface area contributed by atoms with Gasteiger partial charge in [-0.15, -0.1) is 0 Å². The zero-order valence-electron chi connectivity index (χ0n) is 15.2. The fourth-order valence-corrected chi connectivity index (χ4v) is 4.37. The number of carboxylic acid groups (broad SMARTS) is 2. The first kappa shape index (κ1) is 20.3. The number of hydrogen-bond donors (Lipinski definition) is 2. The third-order valence-corrected chi connectivity index (χ3v) is 5.59. The lowest BCUT2D eigenvalue weighted by molar-refractivity contribution is -0.134. The van der Waals surface area contributed by atoms with Crippen molar-refractivity contribution in [2.24, 2.45) is 0 Å². The quantitative estimate of drug-likeness (QED) is 0.717. The van der Waals surface area contributed by atoms with Crippen LogP contribution in [0.3, 0.4) is 0 Å². The third kappa shape index (κ3) is 3.71. The number of halogens is 1. The van der Waals surface area contributed by atoms with Gasteiger partial charge in [-0.1, -0.05) is 6.92 Å². The van der Waals surface area contributed by atoms with Crippen LogP contribution >= 0.6 is 15.9 Å². The SMILES string of the molecule is COc1cc2c(cc1Br)[C@]1(C)CCN(C)[C@@H]1N2C.O=C(O)/C=C/C(=O)O. The zero-order chi connectivity index (χ0) is 19.6. The minimum Gasteiger partial charge on any atom is -0.495 e. The summed E-state index contributed by atoms with van der Waals surface area (Å²) in [5.41, 5.74) is 2.97. The number of fused-ring (bicyclic) bond motifs is 3. The third-order valence-electron chi connectivity index (χ3n) is 4.97. The van der Waals surface area contributed by atoms with Gasteiger partial charge in [0.15, 0.2) is 0 Å². The first-order valence-corrected chi connectivity index (χ1v) is 8.86. The van der Waals surface area contributed by atoms with Gasteiger partial charge < -0.3 is 19.8 Å². The summed E-state index contributed by atoms with van der Waals surface area (Å²) in [6.07, 6.45) is 2.79.